The molecule has 1 aliphatic heterocycles. The van der Waals surface area contributed by atoms with Crippen LogP contribution in [0.5, 0.6) is 0 Å². The van der Waals surface area contributed by atoms with E-state index in [1.165, 1.54) is 6.92 Å². The van der Waals surface area contributed by atoms with Gasteiger partial charge in [0.25, 0.3) is 11.6 Å². The summed E-state index contributed by atoms with van der Waals surface area (Å²) < 4.78 is 14.0. The first kappa shape index (κ1) is 14.4. The third kappa shape index (κ3) is 3.11. The molecule has 1 heterocycles. The van der Waals surface area contributed by atoms with Gasteiger partial charge in [-0.25, -0.2) is 4.39 Å². The van der Waals surface area contributed by atoms with Crippen molar-refractivity contribution in [3.8, 4) is 0 Å². The smallest absolute Gasteiger partial charge is 0.270 e. The van der Waals surface area contributed by atoms with E-state index in [-0.39, 0.29) is 22.9 Å². The second-order valence-electron chi connectivity index (χ2n) is 4.88. The van der Waals surface area contributed by atoms with Crippen molar-refractivity contribution in [2.24, 2.45) is 0 Å². The molecule has 1 amide bonds. The van der Waals surface area contributed by atoms with Gasteiger partial charge < -0.3 is 10.6 Å². The largest absolute Gasteiger partial charge is 0.349 e. The second kappa shape index (κ2) is 5.96. The van der Waals surface area contributed by atoms with Gasteiger partial charge in [0.15, 0.2) is 0 Å². The number of hydrogen-bond acceptors (Lipinski definition) is 4. The molecule has 0 bridgehead atoms. The normalized spacial score (nSPS) is 15.9. The average Bonchev–Trinajstić information content (AvgIpc) is 2.42. The Morgan fingerprint density at radius 3 is 2.70 bits per heavy atom. The van der Waals surface area contributed by atoms with Crippen molar-refractivity contribution in [2.45, 2.75) is 25.8 Å². The summed E-state index contributed by atoms with van der Waals surface area (Å²) in [7, 11) is 0. The summed E-state index contributed by atoms with van der Waals surface area (Å²) in [6.45, 7) is 2.99. The van der Waals surface area contributed by atoms with Gasteiger partial charge in [-0.15, -0.1) is 0 Å². The molecule has 6 nitrogen and oxygen atoms in total. The summed E-state index contributed by atoms with van der Waals surface area (Å²) in [6, 6.07) is 2.08. The molecule has 0 unspecified atom stereocenters. The Morgan fingerprint density at radius 2 is 2.10 bits per heavy atom. The van der Waals surface area contributed by atoms with E-state index in [0.717, 1.165) is 38.1 Å². The maximum Gasteiger partial charge on any atom is 0.270 e. The first-order valence-corrected chi connectivity index (χ1v) is 6.45. The van der Waals surface area contributed by atoms with Gasteiger partial charge in [0.1, 0.15) is 5.82 Å². The van der Waals surface area contributed by atoms with Gasteiger partial charge in [0, 0.05) is 18.2 Å². The van der Waals surface area contributed by atoms with Crippen molar-refractivity contribution in [3.63, 3.8) is 0 Å². The van der Waals surface area contributed by atoms with Gasteiger partial charge in [-0.2, -0.15) is 0 Å². The second-order valence-corrected chi connectivity index (χ2v) is 4.88. The van der Waals surface area contributed by atoms with Gasteiger partial charge in [0.05, 0.1) is 10.5 Å². The van der Waals surface area contributed by atoms with Crippen LogP contribution in [0.4, 0.5) is 10.1 Å². The molecule has 1 aromatic carbocycles. The number of nitro groups is 1. The highest BCUT2D eigenvalue weighted by Crippen LogP contribution is 2.21. The standard InChI is InChI=1S/C13H16FN3O3/c1-8-6-10(17(19)20)7-11(12(8)14)13(18)16-9-2-4-15-5-3-9/h6-7,9,15H,2-5H2,1H3,(H,16,18). The number of piperidine rings is 1. The first-order valence-electron chi connectivity index (χ1n) is 6.45. The number of benzene rings is 1. The lowest BCUT2D eigenvalue weighted by Crippen LogP contribution is -2.43. The van der Waals surface area contributed by atoms with Crippen LogP contribution >= 0.6 is 0 Å². The number of carbonyl (C=O) groups is 1. The summed E-state index contributed by atoms with van der Waals surface area (Å²) in [6.07, 6.45) is 1.53. The number of hydrogen-bond donors (Lipinski definition) is 2. The number of nitrogens with one attached hydrogen (secondary N) is 2. The number of amides is 1. The zero-order valence-corrected chi connectivity index (χ0v) is 11.1. The minimum Gasteiger partial charge on any atom is -0.349 e. The third-order valence-electron chi connectivity index (χ3n) is 3.37. The third-order valence-corrected chi connectivity index (χ3v) is 3.37. The first-order chi connectivity index (χ1) is 9.49. The van der Waals surface area contributed by atoms with E-state index in [1.807, 2.05) is 0 Å². The molecule has 0 radical (unpaired) electrons. The predicted molar refractivity (Wildman–Crippen MR) is 71.1 cm³/mol. The van der Waals surface area contributed by atoms with Gasteiger partial charge in [0.2, 0.25) is 0 Å². The van der Waals surface area contributed by atoms with E-state index in [2.05, 4.69) is 10.6 Å². The number of non-ortho nitro benzene ring substituents is 1. The Hall–Kier alpha value is -2.02. The quantitative estimate of drug-likeness (QED) is 0.650. The van der Waals surface area contributed by atoms with Crippen LogP contribution in [0.1, 0.15) is 28.8 Å². The molecule has 1 aliphatic rings. The van der Waals surface area contributed by atoms with Crippen molar-refractivity contribution in [1.29, 1.82) is 0 Å². The summed E-state index contributed by atoms with van der Waals surface area (Å²) in [5.41, 5.74) is -0.454. The minimum atomic E-state index is -0.706. The van der Waals surface area contributed by atoms with Crippen molar-refractivity contribution in [3.05, 3.63) is 39.2 Å². The van der Waals surface area contributed by atoms with E-state index in [9.17, 15) is 19.3 Å². The molecular weight excluding hydrogens is 265 g/mol. The Kier molecular flexibility index (Phi) is 4.29. The van der Waals surface area contributed by atoms with Gasteiger partial charge >= 0.3 is 0 Å². The monoisotopic (exact) mass is 281 g/mol. The molecule has 108 valence electrons. The highest BCUT2D eigenvalue weighted by atomic mass is 19.1. The maximum atomic E-state index is 14.0. The van der Waals surface area contributed by atoms with Gasteiger partial charge in [-0.1, -0.05) is 0 Å². The molecule has 0 spiro atoms. The van der Waals surface area contributed by atoms with Crippen LogP contribution in [-0.4, -0.2) is 30.0 Å². The average molecular weight is 281 g/mol. The molecule has 7 heteroatoms. The number of halogens is 1. The fourth-order valence-electron chi connectivity index (χ4n) is 2.25. The Morgan fingerprint density at radius 1 is 1.45 bits per heavy atom. The van der Waals surface area contributed by atoms with Crippen LogP contribution in [0.3, 0.4) is 0 Å². The van der Waals surface area contributed by atoms with Crippen molar-refractivity contribution < 1.29 is 14.1 Å². The van der Waals surface area contributed by atoms with Crippen LogP contribution < -0.4 is 10.6 Å². The van der Waals surface area contributed by atoms with Crippen LogP contribution in [0.15, 0.2) is 12.1 Å². The van der Waals surface area contributed by atoms with Crippen molar-refractivity contribution in [1.82, 2.24) is 10.6 Å². The maximum absolute atomic E-state index is 14.0. The van der Waals surface area contributed by atoms with Crippen molar-refractivity contribution >= 4 is 11.6 Å². The number of rotatable bonds is 3. The predicted octanol–water partition coefficient (Wildman–Crippen LogP) is 1.52. The summed E-state index contributed by atoms with van der Waals surface area (Å²) in [5, 5.41) is 16.7. The van der Waals surface area contributed by atoms with Crippen molar-refractivity contribution in [2.75, 3.05) is 13.1 Å². The van der Waals surface area contributed by atoms with Gasteiger partial charge in [-0.05, 0) is 38.4 Å². The van der Waals surface area contributed by atoms with E-state index in [4.69, 9.17) is 0 Å². The van der Waals surface area contributed by atoms with Crippen LogP contribution in [0, 0.1) is 22.9 Å². The Labute approximate surface area is 115 Å². The highest BCUT2D eigenvalue weighted by molar-refractivity contribution is 5.95. The number of carbonyl (C=O) groups excluding carboxylic acids is 1. The van der Waals surface area contributed by atoms with Gasteiger partial charge in [-0.3, -0.25) is 14.9 Å². The molecule has 1 aromatic rings. The molecule has 2 rings (SSSR count). The van der Waals surface area contributed by atoms with E-state index in [0.29, 0.717) is 0 Å². The van der Waals surface area contributed by atoms with Crippen LogP contribution in [0.25, 0.3) is 0 Å². The lowest BCUT2D eigenvalue weighted by Gasteiger charge is -2.23. The molecule has 1 saturated heterocycles. The molecule has 0 saturated carbocycles. The van der Waals surface area contributed by atoms with E-state index in [1.54, 1.807) is 0 Å². The summed E-state index contributed by atoms with van der Waals surface area (Å²) in [4.78, 5) is 22.2. The fraction of sp³-hybridized carbons (Fsp3) is 0.462. The lowest BCUT2D eigenvalue weighted by molar-refractivity contribution is -0.385. The highest BCUT2D eigenvalue weighted by Gasteiger charge is 2.22. The summed E-state index contributed by atoms with van der Waals surface area (Å²) >= 11 is 0. The van der Waals surface area contributed by atoms with Crippen LogP contribution in [-0.2, 0) is 0 Å². The SMILES string of the molecule is Cc1cc([N+](=O)[O-])cc(C(=O)NC2CCNCC2)c1F. The molecule has 20 heavy (non-hydrogen) atoms. The Balaban J connectivity index is 2.21. The van der Waals surface area contributed by atoms with E-state index < -0.39 is 16.6 Å². The molecule has 0 aromatic heterocycles. The lowest BCUT2D eigenvalue weighted by atomic mass is 10.0. The Bertz CT molecular complexity index is 542. The number of nitrogens with zero attached hydrogens (tertiary/aromatic N) is 1. The minimum absolute atomic E-state index is 0.0253. The fourth-order valence-corrected chi connectivity index (χ4v) is 2.25. The zero-order chi connectivity index (χ0) is 14.7. The van der Waals surface area contributed by atoms with E-state index >= 15 is 0 Å². The summed E-state index contributed by atoms with van der Waals surface area (Å²) in [5.74, 6) is -1.30. The topological polar surface area (TPSA) is 84.3 Å². The molecule has 2 N–H and O–H groups in total. The number of nitro benzene ring substituents is 1. The molecule has 1 fully saturated rings. The van der Waals surface area contributed by atoms with Crippen LogP contribution in [0.2, 0.25) is 0 Å². The number of aryl methyl sites for hydroxylation is 1. The zero-order valence-electron chi connectivity index (χ0n) is 11.1. The molecule has 0 aliphatic carbocycles. The molecule has 0 atom stereocenters. The molecular formula is C13H16FN3O3.